The van der Waals surface area contributed by atoms with Gasteiger partial charge in [-0.2, -0.15) is 0 Å². The molecule has 1 N–H and O–H groups in total. The summed E-state index contributed by atoms with van der Waals surface area (Å²) in [6.45, 7) is 0. The summed E-state index contributed by atoms with van der Waals surface area (Å²) in [6.07, 6.45) is 5.40. The number of thiophene rings is 1. The number of carbonyl (C=O) groups excluding carboxylic acids is 2. The number of furan rings is 1. The zero-order valence-corrected chi connectivity index (χ0v) is 16.5. The van der Waals surface area contributed by atoms with E-state index in [2.05, 4.69) is 5.32 Å². The van der Waals surface area contributed by atoms with Gasteiger partial charge in [-0.1, -0.05) is 25.0 Å². The minimum atomic E-state index is -0.921. The van der Waals surface area contributed by atoms with Crippen LogP contribution in [-0.2, 0) is 4.79 Å². The molecule has 2 aromatic heterocycles. The Bertz CT molecular complexity index is 966. The van der Waals surface area contributed by atoms with Gasteiger partial charge in [-0.3, -0.25) is 14.5 Å². The van der Waals surface area contributed by atoms with Gasteiger partial charge in [-0.05, 0) is 54.6 Å². The minimum absolute atomic E-state index is 0.0875. The van der Waals surface area contributed by atoms with E-state index in [1.54, 1.807) is 12.1 Å². The van der Waals surface area contributed by atoms with Crippen molar-refractivity contribution in [1.29, 1.82) is 0 Å². The SMILES string of the molecule is O=C(NC1CCCC1)C(c1cccs1)N(C(=O)c1ccco1)c1cccc(F)c1. The third kappa shape index (κ3) is 4.24. The lowest BCUT2D eigenvalue weighted by molar-refractivity contribution is -0.123. The summed E-state index contributed by atoms with van der Waals surface area (Å²) in [5.41, 5.74) is 0.298. The second-order valence-corrected chi connectivity index (χ2v) is 8.02. The molecule has 0 bridgehead atoms. The maximum Gasteiger partial charge on any atom is 0.295 e. The van der Waals surface area contributed by atoms with Gasteiger partial charge in [0.1, 0.15) is 5.82 Å². The number of carbonyl (C=O) groups is 2. The summed E-state index contributed by atoms with van der Waals surface area (Å²) < 4.78 is 19.3. The van der Waals surface area contributed by atoms with Crippen LogP contribution in [0.2, 0.25) is 0 Å². The predicted octanol–water partition coefficient (Wildman–Crippen LogP) is 4.93. The summed E-state index contributed by atoms with van der Waals surface area (Å²) in [4.78, 5) is 28.7. The fraction of sp³-hybridized carbons (Fsp3) is 0.273. The molecule has 1 atom stereocenters. The first-order chi connectivity index (χ1) is 14.1. The Kier molecular flexibility index (Phi) is 5.76. The number of nitrogens with zero attached hydrogens (tertiary/aromatic N) is 1. The first kappa shape index (κ1) is 19.4. The van der Waals surface area contributed by atoms with Crippen LogP contribution in [0.1, 0.15) is 47.2 Å². The van der Waals surface area contributed by atoms with E-state index in [9.17, 15) is 14.0 Å². The van der Waals surface area contributed by atoms with E-state index in [0.29, 0.717) is 10.6 Å². The van der Waals surface area contributed by atoms with E-state index in [-0.39, 0.29) is 17.7 Å². The number of rotatable bonds is 6. The first-order valence-corrected chi connectivity index (χ1v) is 10.5. The van der Waals surface area contributed by atoms with Crippen molar-refractivity contribution in [2.24, 2.45) is 0 Å². The van der Waals surface area contributed by atoms with E-state index in [0.717, 1.165) is 25.7 Å². The van der Waals surface area contributed by atoms with Crippen molar-refractivity contribution in [3.8, 4) is 0 Å². The third-order valence-corrected chi connectivity index (χ3v) is 5.98. The number of amides is 2. The number of hydrogen-bond acceptors (Lipinski definition) is 4. The van der Waals surface area contributed by atoms with Crippen molar-refractivity contribution in [3.63, 3.8) is 0 Å². The van der Waals surface area contributed by atoms with Crippen LogP contribution >= 0.6 is 11.3 Å². The van der Waals surface area contributed by atoms with Crippen molar-refractivity contribution < 1.29 is 18.4 Å². The van der Waals surface area contributed by atoms with E-state index in [4.69, 9.17) is 4.42 Å². The van der Waals surface area contributed by atoms with Gasteiger partial charge in [0.05, 0.1) is 6.26 Å². The van der Waals surface area contributed by atoms with Crippen molar-refractivity contribution in [1.82, 2.24) is 5.32 Å². The number of hydrogen-bond donors (Lipinski definition) is 1. The van der Waals surface area contributed by atoms with Gasteiger partial charge in [0, 0.05) is 16.6 Å². The van der Waals surface area contributed by atoms with Gasteiger partial charge in [0.25, 0.3) is 5.91 Å². The third-order valence-electron chi connectivity index (χ3n) is 5.06. The van der Waals surface area contributed by atoms with Gasteiger partial charge >= 0.3 is 0 Å². The lowest BCUT2D eigenvalue weighted by Gasteiger charge is -2.31. The highest BCUT2D eigenvalue weighted by atomic mass is 32.1. The molecule has 1 aromatic carbocycles. The quantitative estimate of drug-likeness (QED) is 0.625. The standard InChI is InChI=1S/C22H21FN2O3S/c23-15-6-3-9-17(14-15)25(22(27)18-10-4-12-28-18)20(19-11-5-13-29-19)21(26)24-16-7-1-2-8-16/h3-6,9-14,16,20H,1-2,7-8H2,(H,24,26). The summed E-state index contributed by atoms with van der Waals surface area (Å²) in [6, 6.07) is 11.7. The number of halogens is 1. The summed E-state index contributed by atoms with van der Waals surface area (Å²) in [5.74, 6) is -1.17. The molecule has 0 radical (unpaired) electrons. The normalized spacial score (nSPS) is 15.2. The van der Waals surface area contributed by atoms with Crippen molar-refractivity contribution in [2.75, 3.05) is 4.90 Å². The highest BCUT2D eigenvalue weighted by Crippen LogP contribution is 2.33. The second kappa shape index (κ2) is 8.61. The highest BCUT2D eigenvalue weighted by Gasteiger charge is 2.36. The monoisotopic (exact) mass is 412 g/mol. The van der Waals surface area contributed by atoms with E-state index < -0.39 is 17.8 Å². The highest BCUT2D eigenvalue weighted by molar-refractivity contribution is 7.10. The van der Waals surface area contributed by atoms with Crippen molar-refractivity contribution >= 4 is 28.8 Å². The van der Waals surface area contributed by atoms with E-state index in [1.807, 2.05) is 17.5 Å². The molecule has 2 amide bonds. The van der Waals surface area contributed by atoms with Gasteiger partial charge in [-0.15, -0.1) is 11.3 Å². The van der Waals surface area contributed by atoms with Crippen LogP contribution in [0.25, 0.3) is 0 Å². The Morgan fingerprint density at radius 2 is 1.97 bits per heavy atom. The largest absolute Gasteiger partial charge is 0.459 e. The maximum atomic E-state index is 14.0. The van der Waals surface area contributed by atoms with Gasteiger partial charge < -0.3 is 9.73 Å². The van der Waals surface area contributed by atoms with Gasteiger partial charge in [0.2, 0.25) is 5.91 Å². The Hall–Kier alpha value is -2.93. The zero-order valence-electron chi connectivity index (χ0n) is 15.7. The Balaban J connectivity index is 1.77. The number of anilines is 1. The molecule has 7 heteroatoms. The Morgan fingerprint density at radius 1 is 1.14 bits per heavy atom. The molecule has 4 rings (SSSR count). The van der Waals surface area contributed by atoms with E-state index >= 15 is 0 Å². The molecule has 1 unspecified atom stereocenters. The van der Waals surface area contributed by atoms with Crippen LogP contribution in [0.15, 0.2) is 64.6 Å². The predicted molar refractivity (Wildman–Crippen MR) is 109 cm³/mol. The van der Waals surface area contributed by atoms with Crippen LogP contribution in [0.4, 0.5) is 10.1 Å². The first-order valence-electron chi connectivity index (χ1n) is 9.60. The molecule has 1 saturated carbocycles. The topological polar surface area (TPSA) is 62.6 Å². The smallest absolute Gasteiger partial charge is 0.295 e. The number of benzene rings is 1. The molecule has 3 aromatic rings. The molecule has 0 spiro atoms. The molecule has 1 aliphatic carbocycles. The molecular formula is C22H21FN2O3S. The fourth-order valence-electron chi connectivity index (χ4n) is 3.70. The molecule has 150 valence electrons. The average molecular weight is 412 g/mol. The molecule has 0 saturated heterocycles. The Labute approximate surface area is 172 Å². The zero-order chi connectivity index (χ0) is 20.2. The molecular weight excluding hydrogens is 391 g/mol. The van der Waals surface area contributed by atoms with Crippen LogP contribution in [0.5, 0.6) is 0 Å². The minimum Gasteiger partial charge on any atom is -0.459 e. The molecule has 0 aliphatic heterocycles. The van der Waals surface area contributed by atoms with Crippen molar-refractivity contribution in [3.05, 3.63) is 76.6 Å². The molecule has 5 nitrogen and oxygen atoms in total. The fourth-order valence-corrected chi connectivity index (χ4v) is 4.51. The number of nitrogens with one attached hydrogen (secondary N) is 1. The van der Waals surface area contributed by atoms with E-state index in [1.165, 1.54) is 46.8 Å². The summed E-state index contributed by atoms with van der Waals surface area (Å²) in [5, 5.41) is 4.94. The van der Waals surface area contributed by atoms with Crippen LogP contribution in [0, 0.1) is 5.82 Å². The molecule has 1 fully saturated rings. The van der Waals surface area contributed by atoms with Crippen LogP contribution in [0.3, 0.4) is 0 Å². The lowest BCUT2D eigenvalue weighted by Crippen LogP contribution is -2.46. The maximum absolute atomic E-state index is 14.0. The second-order valence-electron chi connectivity index (χ2n) is 7.04. The van der Waals surface area contributed by atoms with Crippen molar-refractivity contribution in [2.45, 2.75) is 37.8 Å². The van der Waals surface area contributed by atoms with Gasteiger partial charge in [0.15, 0.2) is 11.8 Å². The van der Waals surface area contributed by atoms with Crippen LogP contribution < -0.4 is 10.2 Å². The molecule has 29 heavy (non-hydrogen) atoms. The lowest BCUT2D eigenvalue weighted by atomic mass is 10.1. The van der Waals surface area contributed by atoms with Gasteiger partial charge in [-0.25, -0.2) is 4.39 Å². The average Bonchev–Trinajstić information content (AvgIpc) is 3.49. The van der Waals surface area contributed by atoms with Crippen LogP contribution in [-0.4, -0.2) is 17.9 Å². The summed E-state index contributed by atoms with van der Waals surface area (Å²) in [7, 11) is 0. The molecule has 2 heterocycles. The molecule has 1 aliphatic rings. The Morgan fingerprint density at radius 3 is 2.62 bits per heavy atom. The summed E-state index contributed by atoms with van der Waals surface area (Å²) >= 11 is 1.38.